The molecule has 0 N–H and O–H groups in total. The van der Waals surface area contributed by atoms with E-state index in [9.17, 15) is 8.78 Å². The molecular formula is C17H12Cl2F2N2OS. The molecule has 0 aliphatic carbocycles. The van der Waals surface area contributed by atoms with Crippen molar-refractivity contribution in [2.24, 2.45) is 0 Å². The molecule has 1 heterocycles. The summed E-state index contributed by atoms with van der Waals surface area (Å²) in [7, 11) is 0. The van der Waals surface area contributed by atoms with Crippen LogP contribution in [0.15, 0.2) is 53.8 Å². The number of ether oxygens (including phenoxy) is 1. The van der Waals surface area contributed by atoms with Crippen molar-refractivity contribution < 1.29 is 13.5 Å². The monoisotopic (exact) mass is 400 g/mol. The number of rotatable bonds is 5. The van der Waals surface area contributed by atoms with Crippen molar-refractivity contribution in [2.45, 2.75) is 11.8 Å². The van der Waals surface area contributed by atoms with Gasteiger partial charge < -0.3 is 4.74 Å². The average Bonchev–Trinajstić information content (AvgIpc) is 3.01. The van der Waals surface area contributed by atoms with Crippen molar-refractivity contribution in [3.63, 3.8) is 0 Å². The molecule has 0 aliphatic rings. The van der Waals surface area contributed by atoms with Gasteiger partial charge in [-0.2, -0.15) is 8.78 Å². The van der Waals surface area contributed by atoms with Crippen molar-refractivity contribution in [2.75, 3.05) is 6.26 Å². The number of hydrogen-bond acceptors (Lipinski definition) is 3. The Morgan fingerprint density at radius 2 is 1.80 bits per heavy atom. The van der Waals surface area contributed by atoms with Gasteiger partial charge in [-0.3, -0.25) is 4.57 Å². The Bertz CT molecular complexity index is 885. The lowest BCUT2D eigenvalue weighted by atomic mass is 10.1. The molecule has 0 atom stereocenters. The normalized spacial score (nSPS) is 11.1. The maximum Gasteiger partial charge on any atom is 0.387 e. The highest BCUT2D eigenvalue weighted by Crippen LogP contribution is 2.33. The van der Waals surface area contributed by atoms with Gasteiger partial charge in [0.15, 0.2) is 5.16 Å². The largest absolute Gasteiger partial charge is 0.435 e. The second-order valence-electron chi connectivity index (χ2n) is 4.97. The molecule has 25 heavy (non-hydrogen) atoms. The maximum absolute atomic E-state index is 12.3. The predicted octanol–water partition coefficient (Wildman–Crippen LogP) is 6.17. The highest BCUT2D eigenvalue weighted by molar-refractivity contribution is 7.98. The van der Waals surface area contributed by atoms with Crippen LogP contribution < -0.4 is 4.74 Å². The first-order valence-electron chi connectivity index (χ1n) is 7.12. The molecule has 2 aromatic carbocycles. The molecule has 8 heteroatoms. The lowest BCUT2D eigenvalue weighted by Crippen LogP contribution is -2.03. The van der Waals surface area contributed by atoms with Gasteiger partial charge in [-0.05, 0) is 42.7 Å². The van der Waals surface area contributed by atoms with Crippen LogP contribution in [0.3, 0.4) is 0 Å². The fourth-order valence-electron chi connectivity index (χ4n) is 2.36. The summed E-state index contributed by atoms with van der Waals surface area (Å²) >= 11 is 13.6. The van der Waals surface area contributed by atoms with E-state index in [0.29, 0.717) is 10.0 Å². The molecular weight excluding hydrogens is 389 g/mol. The first kappa shape index (κ1) is 18.0. The summed E-state index contributed by atoms with van der Waals surface area (Å²) < 4.78 is 30.9. The third-order valence-corrected chi connectivity index (χ3v) is 4.84. The Kier molecular flexibility index (Phi) is 5.51. The molecule has 0 aliphatic heterocycles. The maximum atomic E-state index is 12.3. The molecule has 0 amide bonds. The number of alkyl halides is 2. The Labute approximate surface area is 157 Å². The molecule has 3 rings (SSSR count). The zero-order chi connectivity index (χ0) is 18.0. The van der Waals surface area contributed by atoms with E-state index in [1.807, 2.05) is 16.9 Å². The van der Waals surface area contributed by atoms with Gasteiger partial charge in [-0.15, -0.1) is 0 Å². The molecule has 0 bridgehead atoms. The summed E-state index contributed by atoms with van der Waals surface area (Å²) in [5.74, 6) is 0.0978. The third-order valence-electron chi connectivity index (χ3n) is 3.45. The summed E-state index contributed by atoms with van der Waals surface area (Å²) in [5, 5.41) is 1.66. The molecule has 130 valence electrons. The van der Waals surface area contributed by atoms with Gasteiger partial charge in [0.25, 0.3) is 0 Å². The van der Waals surface area contributed by atoms with E-state index in [2.05, 4.69) is 9.72 Å². The Balaban J connectivity index is 2.06. The SMILES string of the molecule is CSc1ncc(-c2ccc(Cl)c(Cl)c2)n1-c1ccc(OC(F)F)cc1. The van der Waals surface area contributed by atoms with Crippen molar-refractivity contribution in [3.8, 4) is 22.7 Å². The van der Waals surface area contributed by atoms with Crippen molar-refractivity contribution in [3.05, 3.63) is 58.7 Å². The second-order valence-corrected chi connectivity index (χ2v) is 6.55. The standard InChI is InChI=1S/C17H12Cl2F2N2OS/c1-25-17-22-9-15(10-2-7-13(18)14(19)8-10)23(17)11-3-5-12(6-4-11)24-16(20)21/h2-9,16H,1H3. The van der Waals surface area contributed by atoms with Crippen molar-refractivity contribution >= 4 is 35.0 Å². The fraction of sp³-hybridized carbons (Fsp3) is 0.118. The minimum Gasteiger partial charge on any atom is -0.435 e. The van der Waals surface area contributed by atoms with Gasteiger partial charge in [-0.1, -0.05) is 41.0 Å². The van der Waals surface area contributed by atoms with Gasteiger partial charge in [0, 0.05) is 11.3 Å². The van der Waals surface area contributed by atoms with Crippen LogP contribution >= 0.6 is 35.0 Å². The summed E-state index contributed by atoms with van der Waals surface area (Å²) in [6, 6.07) is 11.7. The lowest BCUT2D eigenvalue weighted by molar-refractivity contribution is -0.0498. The quantitative estimate of drug-likeness (QED) is 0.479. The van der Waals surface area contributed by atoms with Gasteiger partial charge in [0.05, 0.1) is 21.9 Å². The van der Waals surface area contributed by atoms with Crippen LogP contribution in [-0.2, 0) is 0 Å². The van der Waals surface area contributed by atoms with E-state index in [1.54, 1.807) is 30.5 Å². The second kappa shape index (κ2) is 7.64. The number of benzene rings is 2. The molecule has 0 saturated carbocycles. The van der Waals surface area contributed by atoms with Crippen LogP contribution in [0.1, 0.15) is 0 Å². The minimum atomic E-state index is -2.85. The number of hydrogen-bond donors (Lipinski definition) is 0. The van der Waals surface area contributed by atoms with Crippen LogP contribution in [0.2, 0.25) is 10.0 Å². The molecule has 1 aromatic heterocycles. The van der Waals surface area contributed by atoms with Crippen molar-refractivity contribution in [1.29, 1.82) is 0 Å². The van der Waals surface area contributed by atoms with Crippen LogP contribution in [0.25, 0.3) is 16.9 Å². The molecule has 3 aromatic rings. The molecule has 0 fully saturated rings. The number of thioether (sulfide) groups is 1. The van der Waals surface area contributed by atoms with Gasteiger partial charge in [-0.25, -0.2) is 4.98 Å². The van der Waals surface area contributed by atoms with E-state index in [-0.39, 0.29) is 5.75 Å². The average molecular weight is 401 g/mol. The highest BCUT2D eigenvalue weighted by atomic mass is 35.5. The topological polar surface area (TPSA) is 27.1 Å². The zero-order valence-electron chi connectivity index (χ0n) is 12.9. The molecule has 3 nitrogen and oxygen atoms in total. The zero-order valence-corrected chi connectivity index (χ0v) is 15.2. The van der Waals surface area contributed by atoms with Crippen molar-refractivity contribution in [1.82, 2.24) is 9.55 Å². The summed E-state index contributed by atoms with van der Waals surface area (Å²) in [6.07, 6.45) is 3.64. The smallest absolute Gasteiger partial charge is 0.387 e. The molecule has 0 radical (unpaired) electrons. The first-order chi connectivity index (χ1) is 12.0. The Morgan fingerprint density at radius 3 is 2.40 bits per heavy atom. The highest BCUT2D eigenvalue weighted by Gasteiger charge is 2.14. The third kappa shape index (κ3) is 3.92. The van der Waals surface area contributed by atoms with Crippen LogP contribution in [0.4, 0.5) is 8.78 Å². The minimum absolute atomic E-state index is 0.0978. The Hall–Kier alpha value is -1.76. The summed E-state index contributed by atoms with van der Waals surface area (Å²) in [4.78, 5) is 4.41. The van der Waals surface area contributed by atoms with E-state index in [4.69, 9.17) is 23.2 Å². The van der Waals surface area contributed by atoms with Crippen LogP contribution in [-0.4, -0.2) is 22.4 Å². The van der Waals surface area contributed by atoms with Crippen LogP contribution in [0, 0.1) is 0 Å². The number of imidazole rings is 1. The summed E-state index contributed by atoms with van der Waals surface area (Å²) in [5.41, 5.74) is 2.42. The number of aromatic nitrogens is 2. The van der Waals surface area contributed by atoms with Gasteiger partial charge in [0.2, 0.25) is 0 Å². The first-order valence-corrected chi connectivity index (χ1v) is 9.10. The Morgan fingerprint density at radius 1 is 1.08 bits per heavy atom. The number of nitrogens with zero attached hydrogens (tertiary/aromatic N) is 2. The van der Waals surface area contributed by atoms with Gasteiger partial charge in [0.1, 0.15) is 5.75 Å². The number of halogens is 4. The molecule has 0 unspecified atom stereocenters. The van der Waals surface area contributed by atoms with E-state index < -0.39 is 6.61 Å². The van der Waals surface area contributed by atoms with E-state index in [0.717, 1.165) is 22.1 Å². The van der Waals surface area contributed by atoms with Crippen LogP contribution in [0.5, 0.6) is 5.75 Å². The van der Waals surface area contributed by atoms with E-state index >= 15 is 0 Å². The van der Waals surface area contributed by atoms with E-state index in [1.165, 1.54) is 23.9 Å². The molecule has 0 saturated heterocycles. The fourth-order valence-corrected chi connectivity index (χ4v) is 3.21. The lowest BCUT2D eigenvalue weighted by Gasteiger charge is -2.13. The van der Waals surface area contributed by atoms with Gasteiger partial charge >= 0.3 is 6.61 Å². The molecule has 0 spiro atoms. The predicted molar refractivity (Wildman–Crippen MR) is 97.4 cm³/mol. The summed E-state index contributed by atoms with van der Waals surface area (Å²) in [6.45, 7) is -2.85.